The Morgan fingerprint density at radius 2 is 1.74 bits per heavy atom. The van der Waals surface area contributed by atoms with Crippen molar-refractivity contribution in [3.8, 4) is 0 Å². The molecule has 7 nitrogen and oxygen atoms in total. The third-order valence-electron chi connectivity index (χ3n) is 5.75. The molecule has 0 unspecified atom stereocenters. The summed E-state index contributed by atoms with van der Waals surface area (Å²) in [6, 6.07) is 1.86. The summed E-state index contributed by atoms with van der Waals surface area (Å²) in [6.07, 6.45) is 10.9. The van der Waals surface area contributed by atoms with Gasteiger partial charge in [-0.2, -0.15) is 5.10 Å². The number of fused-ring (bicyclic) bond motifs is 2. The van der Waals surface area contributed by atoms with Gasteiger partial charge in [-0.05, 0) is 73.6 Å². The van der Waals surface area contributed by atoms with Gasteiger partial charge < -0.3 is 5.32 Å². The zero-order valence-corrected chi connectivity index (χ0v) is 15.8. The number of aryl methyl sites for hydroxylation is 2. The fourth-order valence-corrected chi connectivity index (χ4v) is 5.13. The van der Waals surface area contributed by atoms with E-state index in [4.69, 9.17) is 0 Å². The zero-order chi connectivity index (χ0) is 18.6. The first-order chi connectivity index (χ1) is 13.0. The quantitative estimate of drug-likeness (QED) is 0.845. The van der Waals surface area contributed by atoms with Crippen molar-refractivity contribution in [2.75, 3.05) is 5.32 Å². The van der Waals surface area contributed by atoms with Crippen molar-refractivity contribution in [1.29, 1.82) is 0 Å². The molecule has 0 radical (unpaired) electrons. The lowest BCUT2D eigenvalue weighted by Crippen LogP contribution is -2.34. The average Bonchev–Trinajstić information content (AvgIpc) is 3.05. The number of carbonyl (C=O) groups excluding carboxylic acids is 1. The van der Waals surface area contributed by atoms with Crippen LogP contribution < -0.4 is 10.0 Å². The second-order valence-electron chi connectivity index (χ2n) is 7.68. The van der Waals surface area contributed by atoms with Crippen molar-refractivity contribution in [3.05, 3.63) is 40.7 Å². The van der Waals surface area contributed by atoms with Gasteiger partial charge in [0.15, 0.2) is 0 Å². The van der Waals surface area contributed by atoms with Crippen molar-refractivity contribution < 1.29 is 13.2 Å². The Hall–Kier alpha value is -2.35. The van der Waals surface area contributed by atoms with Gasteiger partial charge in [0.2, 0.25) is 0 Å². The number of nitrogens with zero attached hydrogens (tertiary/aromatic N) is 2. The summed E-state index contributed by atoms with van der Waals surface area (Å²) in [5, 5.41) is 6.95. The summed E-state index contributed by atoms with van der Waals surface area (Å²) in [6.45, 7) is 0. The number of urea groups is 1. The minimum absolute atomic E-state index is 0.0214. The molecular weight excluding hydrogens is 364 g/mol. The minimum Gasteiger partial charge on any atom is -0.307 e. The molecule has 1 heterocycles. The first-order valence-corrected chi connectivity index (χ1v) is 11.0. The van der Waals surface area contributed by atoms with E-state index in [-0.39, 0.29) is 10.9 Å². The minimum atomic E-state index is -3.94. The molecule has 0 bridgehead atoms. The van der Waals surface area contributed by atoms with Gasteiger partial charge in [-0.15, -0.1) is 0 Å². The fraction of sp³-hybridized carbons (Fsp3) is 0.474. The molecule has 0 atom stereocenters. The normalized spacial score (nSPS) is 18.2. The number of sulfonamides is 1. The van der Waals surface area contributed by atoms with E-state index < -0.39 is 16.1 Å². The highest BCUT2D eigenvalue weighted by atomic mass is 32.2. The van der Waals surface area contributed by atoms with Gasteiger partial charge in [-0.25, -0.2) is 17.9 Å². The third kappa shape index (κ3) is 3.01. The molecule has 8 heteroatoms. The Balaban J connectivity index is 1.38. The standard InChI is InChI=1S/C19H22N4O3S/c24-19(22-27(25,26)15-10-20-23(11-15)14-7-8-14)21-18-16-5-1-3-12(16)9-13-4-2-6-17(13)18/h9-11,14H,1-8H2,(H2,21,22,24). The predicted octanol–water partition coefficient (Wildman–Crippen LogP) is 2.71. The Labute approximate surface area is 158 Å². The Kier molecular flexibility index (Phi) is 3.79. The van der Waals surface area contributed by atoms with Gasteiger partial charge >= 0.3 is 6.03 Å². The van der Waals surface area contributed by atoms with Crippen LogP contribution in [0.2, 0.25) is 0 Å². The number of anilines is 1. The number of hydrogen-bond acceptors (Lipinski definition) is 4. The summed E-state index contributed by atoms with van der Waals surface area (Å²) < 4.78 is 28.9. The van der Waals surface area contributed by atoms with Crippen LogP contribution in [0.25, 0.3) is 0 Å². The first kappa shape index (κ1) is 16.8. The highest BCUT2D eigenvalue weighted by molar-refractivity contribution is 7.90. The fourth-order valence-electron chi connectivity index (χ4n) is 4.29. The molecule has 3 aliphatic carbocycles. The molecule has 2 amide bonds. The number of benzene rings is 1. The van der Waals surface area contributed by atoms with Gasteiger partial charge in [0, 0.05) is 11.9 Å². The summed E-state index contributed by atoms with van der Waals surface area (Å²) in [5.74, 6) is 0. The van der Waals surface area contributed by atoms with Crippen LogP contribution in [0.4, 0.5) is 10.5 Å². The Morgan fingerprint density at radius 3 is 2.37 bits per heavy atom. The van der Waals surface area contributed by atoms with E-state index in [9.17, 15) is 13.2 Å². The van der Waals surface area contributed by atoms with Gasteiger partial charge in [0.25, 0.3) is 10.0 Å². The van der Waals surface area contributed by atoms with Crippen LogP contribution in [-0.2, 0) is 35.7 Å². The summed E-state index contributed by atoms with van der Waals surface area (Å²) in [7, 11) is -3.94. The third-order valence-corrected chi connectivity index (χ3v) is 7.03. The lowest BCUT2D eigenvalue weighted by atomic mass is 9.99. The van der Waals surface area contributed by atoms with E-state index in [1.165, 1.54) is 34.6 Å². The lowest BCUT2D eigenvalue weighted by Gasteiger charge is -2.16. The molecule has 142 valence electrons. The molecule has 3 aliphatic rings. The van der Waals surface area contributed by atoms with Crippen molar-refractivity contribution in [2.24, 2.45) is 0 Å². The summed E-state index contributed by atoms with van der Waals surface area (Å²) >= 11 is 0. The van der Waals surface area contributed by atoms with Crippen LogP contribution in [0.3, 0.4) is 0 Å². The lowest BCUT2D eigenvalue weighted by molar-refractivity contribution is 0.256. The first-order valence-electron chi connectivity index (χ1n) is 9.56. The van der Waals surface area contributed by atoms with Crippen LogP contribution in [0.1, 0.15) is 54.0 Å². The van der Waals surface area contributed by atoms with Crippen molar-refractivity contribution in [2.45, 2.75) is 62.3 Å². The highest BCUT2D eigenvalue weighted by Crippen LogP contribution is 2.38. The molecule has 2 N–H and O–H groups in total. The molecule has 1 aromatic carbocycles. The van der Waals surface area contributed by atoms with Crippen LogP contribution in [-0.4, -0.2) is 24.2 Å². The number of carbonyl (C=O) groups is 1. The maximum absolute atomic E-state index is 12.5. The van der Waals surface area contributed by atoms with Gasteiger partial charge in [-0.1, -0.05) is 6.07 Å². The molecule has 1 fully saturated rings. The largest absolute Gasteiger partial charge is 0.333 e. The molecule has 0 aliphatic heterocycles. The van der Waals surface area contributed by atoms with Crippen molar-refractivity contribution >= 4 is 21.7 Å². The number of hydrogen-bond donors (Lipinski definition) is 2. The molecule has 1 aromatic heterocycles. The molecule has 0 saturated heterocycles. The van der Waals surface area contributed by atoms with Crippen LogP contribution in [0, 0.1) is 0 Å². The van der Waals surface area contributed by atoms with E-state index in [1.807, 2.05) is 0 Å². The predicted molar refractivity (Wildman–Crippen MR) is 100 cm³/mol. The Morgan fingerprint density at radius 1 is 1.07 bits per heavy atom. The molecule has 5 rings (SSSR count). The van der Waals surface area contributed by atoms with Crippen LogP contribution in [0.15, 0.2) is 23.4 Å². The van der Waals surface area contributed by atoms with Crippen molar-refractivity contribution in [1.82, 2.24) is 14.5 Å². The monoisotopic (exact) mass is 386 g/mol. The van der Waals surface area contributed by atoms with E-state index in [2.05, 4.69) is 21.2 Å². The summed E-state index contributed by atoms with van der Waals surface area (Å²) in [5.41, 5.74) is 5.76. The highest BCUT2D eigenvalue weighted by Gasteiger charge is 2.29. The number of amides is 2. The zero-order valence-electron chi connectivity index (χ0n) is 15.0. The smallest absolute Gasteiger partial charge is 0.307 e. The van der Waals surface area contributed by atoms with Gasteiger partial charge in [0.05, 0.1) is 12.2 Å². The van der Waals surface area contributed by atoms with Gasteiger partial charge in [-0.3, -0.25) is 4.68 Å². The maximum atomic E-state index is 12.5. The molecular formula is C19H22N4O3S. The Bertz CT molecular complexity index is 1010. The topological polar surface area (TPSA) is 93.1 Å². The number of rotatable bonds is 4. The molecule has 27 heavy (non-hydrogen) atoms. The second-order valence-corrected chi connectivity index (χ2v) is 9.36. The summed E-state index contributed by atoms with van der Waals surface area (Å²) in [4.78, 5) is 12.5. The average molecular weight is 386 g/mol. The van der Waals surface area contributed by atoms with E-state index in [0.717, 1.165) is 57.1 Å². The number of nitrogens with one attached hydrogen (secondary N) is 2. The van der Waals surface area contributed by atoms with Crippen LogP contribution >= 0.6 is 0 Å². The second kappa shape index (κ2) is 6.09. The molecule has 1 saturated carbocycles. The van der Waals surface area contributed by atoms with E-state index >= 15 is 0 Å². The van der Waals surface area contributed by atoms with Crippen LogP contribution in [0.5, 0.6) is 0 Å². The number of aromatic nitrogens is 2. The van der Waals surface area contributed by atoms with Gasteiger partial charge in [0.1, 0.15) is 4.90 Å². The maximum Gasteiger partial charge on any atom is 0.333 e. The van der Waals surface area contributed by atoms with Crippen molar-refractivity contribution in [3.63, 3.8) is 0 Å². The molecule has 0 spiro atoms. The van der Waals surface area contributed by atoms with E-state index in [0.29, 0.717) is 0 Å². The SMILES string of the molecule is O=C(Nc1c2c(cc3c1CCC3)CCC2)NS(=O)(=O)c1cnn(C2CC2)c1. The van der Waals surface area contributed by atoms with E-state index in [1.54, 1.807) is 4.68 Å². The molecule has 2 aromatic rings.